The molecule has 2 aromatic carbocycles. The van der Waals surface area contributed by atoms with Crippen molar-refractivity contribution in [1.29, 1.82) is 0 Å². The van der Waals surface area contributed by atoms with Gasteiger partial charge in [0, 0.05) is 36.2 Å². The van der Waals surface area contributed by atoms with E-state index in [1.807, 2.05) is 29.1 Å². The first-order valence-corrected chi connectivity index (χ1v) is 10.1. The first-order chi connectivity index (χ1) is 13.8. The van der Waals surface area contributed by atoms with Crippen LogP contribution in [0.3, 0.4) is 0 Å². The molecule has 0 saturated carbocycles. The molecule has 2 aromatic heterocycles. The van der Waals surface area contributed by atoms with Crippen molar-refractivity contribution in [2.24, 2.45) is 0 Å². The first-order valence-electron chi connectivity index (χ1n) is 10.1. The number of benzene rings is 2. The quantitative estimate of drug-likeness (QED) is 0.477. The van der Waals surface area contributed by atoms with Crippen LogP contribution in [0.4, 0.5) is 0 Å². The van der Waals surface area contributed by atoms with Gasteiger partial charge in [-0.3, -0.25) is 0 Å². The van der Waals surface area contributed by atoms with Crippen molar-refractivity contribution >= 4 is 11.0 Å². The summed E-state index contributed by atoms with van der Waals surface area (Å²) < 4.78 is 8.08. The number of nitrogens with zero attached hydrogens (tertiary/aromatic N) is 3. The molecule has 0 aliphatic carbocycles. The fraction of sp³-hybridized carbons (Fsp3) is 0.292. The molecule has 142 valence electrons. The van der Waals surface area contributed by atoms with Crippen LogP contribution in [-0.2, 0) is 6.42 Å². The maximum atomic E-state index is 6.16. The van der Waals surface area contributed by atoms with Gasteiger partial charge in [0.25, 0.3) is 0 Å². The molecule has 0 spiro atoms. The fourth-order valence-corrected chi connectivity index (χ4v) is 4.25. The van der Waals surface area contributed by atoms with Crippen LogP contribution >= 0.6 is 0 Å². The summed E-state index contributed by atoms with van der Waals surface area (Å²) in [6, 6.07) is 19.4. The Morgan fingerprint density at radius 3 is 2.82 bits per heavy atom. The number of fused-ring (bicyclic) bond motifs is 1. The second-order valence-corrected chi connectivity index (χ2v) is 7.72. The molecule has 5 rings (SSSR count). The zero-order valence-corrected chi connectivity index (χ0v) is 16.2. The van der Waals surface area contributed by atoms with E-state index in [1.165, 1.54) is 30.3 Å². The Morgan fingerprint density at radius 2 is 2.00 bits per heavy atom. The van der Waals surface area contributed by atoms with Gasteiger partial charge < -0.3 is 9.32 Å². The number of hydrogen-bond donors (Lipinski definition) is 0. The Bertz CT molecular complexity index is 1080. The van der Waals surface area contributed by atoms with E-state index in [9.17, 15) is 0 Å². The summed E-state index contributed by atoms with van der Waals surface area (Å²) in [5.74, 6) is 1.07. The summed E-state index contributed by atoms with van der Waals surface area (Å²) in [5, 5.41) is 5.72. The Balaban J connectivity index is 1.42. The van der Waals surface area contributed by atoms with Crippen LogP contribution in [-0.4, -0.2) is 33.8 Å². The van der Waals surface area contributed by atoms with Gasteiger partial charge in [-0.1, -0.05) is 30.3 Å². The van der Waals surface area contributed by atoms with Gasteiger partial charge >= 0.3 is 0 Å². The summed E-state index contributed by atoms with van der Waals surface area (Å²) >= 11 is 0. The van der Waals surface area contributed by atoms with Crippen LogP contribution in [0.25, 0.3) is 27.8 Å². The molecule has 4 aromatic rings. The van der Waals surface area contributed by atoms with E-state index in [1.54, 1.807) is 0 Å². The van der Waals surface area contributed by atoms with Gasteiger partial charge in [0.05, 0.1) is 11.9 Å². The van der Waals surface area contributed by atoms with Gasteiger partial charge in [0.15, 0.2) is 0 Å². The third kappa shape index (κ3) is 3.25. The Morgan fingerprint density at radius 1 is 1.11 bits per heavy atom. The molecule has 1 saturated heterocycles. The second-order valence-electron chi connectivity index (χ2n) is 7.72. The lowest BCUT2D eigenvalue weighted by Crippen LogP contribution is -2.28. The molecule has 0 N–H and O–H groups in total. The first kappa shape index (κ1) is 17.3. The predicted molar refractivity (Wildman–Crippen MR) is 113 cm³/mol. The maximum Gasteiger partial charge on any atom is 0.134 e. The van der Waals surface area contributed by atoms with Crippen molar-refractivity contribution in [3.63, 3.8) is 0 Å². The van der Waals surface area contributed by atoms with E-state index in [2.05, 4.69) is 59.5 Å². The molecule has 1 fully saturated rings. The Hall–Kier alpha value is -2.85. The molecule has 0 unspecified atom stereocenters. The van der Waals surface area contributed by atoms with Crippen LogP contribution in [0.2, 0.25) is 0 Å². The van der Waals surface area contributed by atoms with E-state index in [4.69, 9.17) is 4.42 Å². The zero-order chi connectivity index (χ0) is 18.9. The normalized spacial score (nSPS) is 17.5. The highest BCUT2D eigenvalue weighted by Gasteiger charge is 2.20. The van der Waals surface area contributed by atoms with Gasteiger partial charge in [-0.05, 0) is 56.1 Å². The minimum atomic E-state index is 0.698. The molecular formula is C24H25N3O. The average Bonchev–Trinajstić information content (AvgIpc) is 3.46. The van der Waals surface area contributed by atoms with Crippen LogP contribution in [0.1, 0.15) is 25.5 Å². The predicted octanol–water partition coefficient (Wildman–Crippen LogP) is 5.31. The van der Waals surface area contributed by atoms with Crippen molar-refractivity contribution in [2.75, 3.05) is 13.1 Å². The third-order valence-electron chi connectivity index (χ3n) is 5.86. The Labute approximate surface area is 165 Å². The average molecular weight is 371 g/mol. The Kier molecular flexibility index (Phi) is 4.49. The summed E-state index contributed by atoms with van der Waals surface area (Å²) in [6.45, 7) is 4.61. The monoisotopic (exact) mass is 371 g/mol. The van der Waals surface area contributed by atoms with Gasteiger partial charge in [-0.15, -0.1) is 0 Å². The van der Waals surface area contributed by atoms with Gasteiger partial charge in [0.2, 0.25) is 0 Å². The molecular weight excluding hydrogens is 346 g/mol. The highest BCUT2D eigenvalue weighted by molar-refractivity contribution is 5.94. The van der Waals surface area contributed by atoms with Crippen LogP contribution in [0.15, 0.2) is 71.4 Å². The van der Waals surface area contributed by atoms with Gasteiger partial charge in [-0.25, -0.2) is 4.68 Å². The van der Waals surface area contributed by atoms with Crippen molar-refractivity contribution in [1.82, 2.24) is 14.7 Å². The lowest BCUT2D eigenvalue weighted by atomic mass is 10.0. The molecule has 1 aliphatic heterocycles. The molecule has 28 heavy (non-hydrogen) atoms. The molecule has 0 bridgehead atoms. The van der Waals surface area contributed by atoms with Crippen molar-refractivity contribution in [3.05, 3.63) is 72.8 Å². The number of para-hydroxylation sites is 1. The molecule has 4 nitrogen and oxygen atoms in total. The van der Waals surface area contributed by atoms with E-state index in [0.717, 1.165) is 35.6 Å². The molecule has 0 radical (unpaired) electrons. The number of furan rings is 1. The van der Waals surface area contributed by atoms with Crippen LogP contribution < -0.4 is 0 Å². The van der Waals surface area contributed by atoms with Gasteiger partial charge in [-0.2, -0.15) is 5.10 Å². The number of rotatable bonds is 5. The second kappa shape index (κ2) is 7.28. The van der Waals surface area contributed by atoms with Crippen molar-refractivity contribution in [2.45, 2.75) is 32.2 Å². The molecule has 3 heterocycles. The molecule has 1 atom stereocenters. The lowest BCUT2D eigenvalue weighted by Gasteiger charge is -2.19. The lowest BCUT2D eigenvalue weighted by molar-refractivity contribution is 0.266. The third-order valence-corrected chi connectivity index (χ3v) is 5.86. The van der Waals surface area contributed by atoms with E-state index < -0.39 is 0 Å². The summed E-state index contributed by atoms with van der Waals surface area (Å²) in [7, 11) is 0. The zero-order valence-electron chi connectivity index (χ0n) is 16.2. The van der Waals surface area contributed by atoms with E-state index >= 15 is 0 Å². The van der Waals surface area contributed by atoms with Gasteiger partial charge in [0.1, 0.15) is 11.3 Å². The highest BCUT2D eigenvalue weighted by Crippen LogP contribution is 2.31. The maximum absolute atomic E-state index is 6.16. The SMILES string of the molecule is C[C@@H]1CCCN1CCc1cc2c(-c3cnn(-c4ccccc4)c3)cccc2o1. The molecule has 4 heteroatoms. The number of likely N-dealkylation sites (tertiary alicyclic amines) is 1. The standard InChI is InChI=1S/C24H25N3O/c1-18-7-6-13-26(18)14-12-21-15-23-22(10-5-11-24(23)28-21)19-16-25-27(17-19)20-8-3-2-4-9-20/h2-5,8-11,15-18H,6-7,12-14H2,1H3/t18-/m1/s1. The summed E-state index contributed by atoms with van der Waals surface area (Å²) in [6.07, 6.45) is 7.61. The smallest absolute Gasteiger partial charge is 0.134 e. The van der Waals surface area contributed by atoms with E-state index in [-0.39, 0.29) is 0 Å². The molecule has 1 aliphatic rings. The van der Waals surface area contributed by atoms with Crippen molar-refractivity contribution < 1.29 is 4.42 Å². The van der Waals surface area contributed by atoms with Crippen molar-refractivity contribution in [3.8, 4) is 16.8 Å². The van der Waals surface area contributed by atoms with Crippen LogP contribution in [0, 0.1) is 0 Å². The minimum absolute atomic E-state index is 0.698. The number of hydrogen-bond acceptors (Lipinski definition) is 3. The topological polar surface area (TPSA) is 34.2 Å². The minimum Gasteiger partial charge on any atom is -0.461 e. The van der Waals surface area contributed by atoms with E-state index in [0.29, 0.717) is 6.04 Å². The number of aromatic nitrogens is 2. The highest BCUT2D eigenvalue weighted by atomic mass is 16.3. The molecule has 0 amide bonds. The fourth-order valence-electron chi connectivity index (χ4n) is 4.25. The summed E-state index contributed by atoms with van der Waals surface area (Å²) in [4.78, 5) is 2.57. The summed E-state index contributed by atoms with van der Waals surface area (Å²) in [5.41, 5.74) is 4.29. The largest absolute Gasteiger partial charge is 0.461 e. The van der Waals surface area contributed by atoms with Crippen LogP contribution in [0.5, 0.6) is 0 Å².